The lowest BCUT2D eigenvalue weighted by Gasteiger charge is -2.19. The van der Waals surface area contributed by atoms with Crippen LogP contribution in [0.1, 0.15) is 11.1 Å². The first kappa shape index (κ1) is 19.8. The van der Waals surface area contributed by atoms with E-state index in [-0.39, 0.29) is 24.9 Å². The highest BCUT2D eigenvalue weighted by Gasteiger charge is 2.13. The Kier molecular flexibility index (Phi) is 7.51. The van der Waals surface area contributed by atoms with Crippen LogP contribution in [0.15, 0.2) is 12.1 Å². The minimum absolute atomic E-state index is 0.00899. The van der Waals surface area contributed by atoms with E-state index in [1.165, 1.54) is 4.90 Å². The topological polar surface area (TPSA) is 71.1 Å². The number of hydrogen-bond donors (Lipinski definition) is 1. The number of aryl methyl sites for hydroxylation is 1. The number of carbonyl (C=O) groups is 2. The number of hydrogen-bond acceptors (Lipinski definition) is 5. The highest BCUT2D eigenvalue weighted by molar-refractivity contribution is 5.85. The van der Waals surface area contributed by atoms with E-state index in [1.807, 2.05) is 31.0 Å². The summed E-state index contributed by atoms with van der Waals surface area (Å²) in [5, 5.41) is 2.62. The first-order valence-corrected chi connectivity index (χ1v) is 7.65. The van der Waals surface area contributed by atoms with Crippen molar-refractivity contribution in [3.8, 4) is 11.5 Å². The number of nitrogens with zero attached hydrogens (tertiary/aromatic N) is 2. The summed E-state index contributed by atoms with van der Waals surface area (Å²) in [4.78, 5) is 26.7. The molecule has 1 rings (SSSR count). The third kappa shape index (κ3) is 5.73. The summed E-state index contributed by atoms with van der Waals surface area (Å²) in [5.74, 6) is 1.02. The van der Waals surface area contributed by atoms with Gasteiger partial charge in [-0.1, -0.05) is 0 Å². The molecule has 1 aromatic rings. The standard InChI is InChI=1S/C17H27N3O4/c1-12-7-14(23-5)15(24-6)8-13(12)10-20(4)11-16(21)18-9-17(22)19(2)3/h7-8H,9-11H2,1-6H3,(H,18,21). The van der Waals surface area contributed by atoms with Crippen molar-refractivity contribution in [1.82, 2.24) is 15.1 Å². The fourth-order valence-electron chi connectivity index (χ4n) is 2.17. The third-order valence-corrected chi connectivity index (χ3v) is 3.63. The van der Waals surface area contributed by atoms with E-state index >= 15 is 0 Å². The highest BCUT2D eigenvalue weighted by atomic mass is 16.5. The quantitative estimate of drug-likeness (QED) is 0.754. The minimum atomic E-state index is -0.189. The minimum Gasteiger partial charge on any atom is -0.493 e. The zero-order valence-electron chi connectivity index (χ0n) is 15.3. The van der Waals surface area contributed by atoms with Crippen molar-refractivity contribution in [2.45, 2.75) is 13.5 Å². The fourth-order valence-corrected chi connectivity index (χ4v) is 2.17. The van der Waals surface area contributed by atoms with Crippen LogP contribution in [-0.2, 0) is 16.1 Å². The Morgan fingerprint density at radius 3 is 2.21 bits per heavy atom. The van der Waals surface area contributed by atoms with E-state index in [9.17, 15) is 9.59 Å². The van der Waals surface area contributed by atoms with Crippen molar-refractivity contribution in [3.05, 3.63) is 23.3 Å². The lowest BCUT2D eigenvalue weighted by Crippen LogP contribution is -2.40. The van der Waals surface area contributed by atoms with Crippen LogP contribution in [0.2, 0.25) is 0 Å². The molecule has 0 bridgehead atoms. The second-order valence-electron chi connectivity index (χ2n) is 5.87. The second-order valence-corrected chi connectivity index (χ2v) is 5.87. The number of ether oxygens (including phenoxy) is 2. The molecule has 0 fully saturated rings. The molecule has 0 saturated heterocycles. The molecule has 0 saturated carbocycles. The lowest BCUT2D eigenvalue weighted by molar-refractivity contribution is -0.131. The molecule has 134 valence electrons. The number of rotatable bonds is 8. The van der Waals surface area contributed by atoms with E-state index in [2.05, 4.69) is 5.32 Å². The van der Waals surface area contributed by atoms with Gasteiger partial charge in [-0.3, -0.25) is 14.5 Å². The molecule has 0 radical (unpaired) electrons. The summed E-state index contributed by atoms with van der Waals surface area (Å²) in [6, 6.07) is 3.83. The van der Waals surface area contributed by atoms with E-state index in [4.69, 9.17) is 9.47 Å². The van der Waals surface area contributed by atoms with Gasteiger partial charge in [-0.05, 0) is 37.2 Å². The van der Waals surface area contributed by atoms with Gasteiger partial charge in [0.15, 0.2) is 11.5 Å². The molecular formula is C17H27N3O4. The molecule has 0 unspecified atom stereocenters. The summed E-state index contributed by atoms with van der Waals surface area (Å²) < 4.78 is 10.6. The van der Waals surface area contributed by atoms with Gasteiger partial charge in [0.2, 0.25) is 11.8 Å². The molecule has 2 amide bonds. The van der Waals surface area contributed by atoms with Crippen LogP contribution in [-0.4, -0.2) is 70.1 Å². The van der Waals surface area contributed by atoms with Gasteiger partial charge in [-0.15, -0.1) is 0 Å². The molecule has 0 atom stereocenters. The largest absolute Gasteiger partial charge is 0.493 e. The van der Waals surface area contributed by atoms with Crippen LogP contribution in [0.4, 0.5) is 0 Å². The Morgan fingerprint density at radius 2 is 1.67 bits per heavy atom. The van der Waals surface area contributed by atoms with Gasteiger partial charge < -0.3 is 19.7 Å². The Morgan fingerprint density at radius 1 is 1.08 bits per heavy atom. The van der Waals surface area contributed by atoms with Gasteiger partial charge in [0.05, 0.1) is 27.3 Å². The van der Waals surface area contributed by atoms with Gasteiger partial charge in [0.1, 0.15) is 0 Å². The van der Waals surface area contributed by atoms with Crippen LogP contribution in [0.3, 0.4) is 0 Å². The second kappa shape index (κ2) is 9.12. The monoisotopic (exact) mass is 337 g/mol. The Bertz CT molecular complexity index is 587. The summed E-state index contributed by atoms with van der Waals surface area (Å²) in [6.07, 6.45) is 0. The molecule has 0 heterocycles. The van der Waals surface area contributed by atoms with Crippen LogP contribution in [0.5, 0.6) is 11.5 Å². The summed E-state index contributed by atoms with van der Waals surface area (Å²) in [6.45, 7) is 2.78. The Labute approximate surface area is 143 Å². The predicted octanol–water partition coefficient (Wildman–Crippen LogP) is 0.648. The van der Waals surface area contributed by atoms with Crippen molar-refractivity contribution >= 4 is 11.8 Å². The average Bonchev–Trinajstić information content (AvgIpc) is 2.53. The lowest BCUT2D eigenvalue weighted by atomic mass is 10.1. The van der Waals surface area contributed by atoms with E-state index in [1.54, 1.807) is 28.3 Å². The molecule has 1 N–H and O–H groups in total. The molecule has 24 heavy (non-hydrogen) atoms. The molecule has 0 spiro atoms. The molecule has 0 aliphatic heterocycles. The molecular weight excluding hydrogens is 310 g/mol. The summed E-state index contributed by atoms with van der Waals surface area (Å²) in [5.41, 5.74) is 2.11. The fraction of sp³-hybridized carbons (Fsp3) is 0.529. The van der Waals surface area contributed by atoms with E-state index in [0.717, 1.165) is 11.1 Å². The van der Waals surface area contributed by atoms with Gasteiger partial charge in [-0.25, -0.2) is 0 Å². The number of nitrogens with one attached hydrogen (secondary N) is 1. The SMILES string of the molecule is COc1cc(C)c(CN(C)CC(=O)NCC(=O)N(C)C)cc1OC. The van der Waals surface area contributed by atoms with Gasteiger partial charge in [0, 0.05) is 20.6 Å². The molecule has 0 aromatic heterocycles. The first-order valence-electron chi connectivity index (χ1n) is 7.65. The van der Waals surface area contributed by atoms with Crippen LogP contribution < -0.4 is 14.8 Å². The number of carbonyl (C=O) groups excluding carboxylic acids is 2. The van der Waals surface area contributed by atoms with Crippen molar-refractivity contribution < 1.29 is 19.1 Å². The van der Waals surface area contributed by atoms with Crippen LogP contribution in [0, 0.1) is 6.92 Å². The molecule has 0 aliphatic rings. The normalized spacial score (nSPS) is 10.5. The molecule has 7 nitrogen and oxygen atoms in total. The number of amides is 2. The average molecular weight is 337 g/mol. The molecule has 0 aliphatic carbocycles. The first-order chi connectivity index (χ1) is 11.3. The maximum Gasteiger partial charge on any atom is 0.241 e. The zero-order chi connectivity index (χ0) is 18.3. The predicted molar refractivity (Wildman–Crippen MR) is 92.3 cm³/mol. The van der Waals surface area contributed by atoms with E-state index in [0.29, 0.717) is 18.0 Å². The molecule has 1 aromatic carbocycles. The van der Waals surface area contributed by atoms with Crippen molar-refractivity contribution in [2.75, 3.05) is 48.5 Å². The summed E-state index contributed by atoms with van der Waals surface area (Å²) in [7, 11) is 8.35. The van der Waals surface area contributed by atoms with Crippen LogP contribution in [0.25, 0.3) is 0 Å². The smallest absolute Gasteiger partial charge is 0.241 e. The number of benzene rings is 1. The Balaban J connectivity index is 2.63. The summed E-state index contributed by atoms with van der Waals surface area (Å²) >= 11 is 0. The van der Waals surface area contributed by atoms with Gasteiger partial charge in [0.25, 0.3) is 0 Å². The van der Waals surface area contributed by atoms with Crippen molar-refractivity contribution in [1.29, 1.82) is 0 Å². The van der Waals surface area contributed by atoms with Crippen LogP contribution >= 0.6 is 0 Å². The highest BCUT2D eigenvalue weighted by Crippen LogP contribution is 2.30. The van der Waals surface area contributed by atoms with Crippen molar-refractivity contribution in [2.24, 2.45) is 0 Å². The maximum atomic E-state index is 11.9. The third-order valence-electron chi connectivity index (χ3n) is 3.63. The molecule has 7 heteroatoms. The number of likely N-dealkylation sites (N-methyl/N-ethyl adjacent to an activating group) is 2. The van der Waals surface area contributed by atoms with Gasteiger partial charge >= 0.3 is 0 Å². The van der Waals surface area contributed by atoms with Gasteiger partial charge in [-0.2, -0.15) is 0 Å². The Hall–Kier alpha value is -2.28. The zero-order valence-corrected chi connectivity index (χ0v) is 15.3. The number of methoxy groups -OCH3 is 2. The maximum absolute atomic E-state index is 11.9. The van der Waals surface area contributed by atoms with Crippen molar-refractivity contribution in [3.63, 3.8) is 0 Å². The van der Waals surface area contributed by atoms with E-state index < -0.39 is 0 Å².